The molecule has 3 heteroatoms. The van der Waals surface area contributed by atoms with Crippen LogP contribution in [0.15, 0.2) is 53.4 Å². The van der Waals surface area contributed by atoms with E-state index >= 15 is 0 Å². The number of hydrogen-bond donors (Lipinski definition) is 1. The summed E-state index contributed by atoms with van der Waals surface area (Å²) >= 11 is 1.73. The van der Waals surface area contributed by atoms with E-state index < -0.39 is 0 Å². The lowest BCUT2D eigenvalue weighted by Gasteiger charge is -2.16. The number of anilines is 1. The average Bonchev–Trinajstić information content (AvgIpc) is 2.47. The third kappa shape index (κ3) is 3.52. The number of hydrogen-bond acceptors (Lipinski definition) is 3. The zero-order valence-corrected chi connectivity index (χ0v) is 11.9. The van der Waals surface area contributed by atoms with Crippen LogP contribution in [0.5, 0.6) is 0 Å². The second-order valence-electron chi connectivity index (χ2n) is 4.33. The summed E-state index contributed by atoms with van der Waals surface area (Å²) in [6.07, 6.45) is 2.07. The van der Waals surface area contributed by atoms with Gasteiger partial charge in [0.15, 0.2) is 0 Å². The molecule has 1 unspecified atom stereocenters. The van der Waals surface area contributed by atoms with E-state index in [-0.39, 0.29) is 6.04 Å². The Balaban J connectivity index is 2.11. The molecule has 0 heterocycles. The van der Waals surface area contributed by atoms with Crippen LogP contribution < -0.4 is 5.32 Å². The highest BCUT2D eigenvalue weighted by atomic mass is 32.2. The number of thioether (sulfide) groups is 1. The van der Waals surface area contributed by atoms with Crippen molar-refractivity contribution in [2.75, 3.05) is 11.6 Å². The van der Waals surface area contributed by atoms with Crippen LogP contribution in [0, 0.1) is 11.3 Å². The van der Waals surface area contributed by atoms with Crippen molar-refractivity contribution in [2.45, 2.75) is 17.9 Å². The van der Waals surface area contributed by atoms with E-state index in [2.05, 4.69) is 48.8 Å². The van der Waals surface area contributed by atoms with Gasteiger partial charge in [0.2, 0.25) is 0 Å². The Morgan fingerprint density at radius 3 is 2.53 bits per heavy atom. The zero-order chi connectivity index (χ0) is 13.7. The number of rotatable bonds is 4. The number of nitriles is 1. The van der Waals surface area contributed by atoms with Gasteiger partial charge in [-0.1, -0.05) is 18.2 Å². The minimum Gasteiger partial charge on any atom is -0.378 e. The summed E-state index contributed by atoms with van der Waals surface area (Å²) in [5, 5.41) is 12.3. The first-order valence-electron chi connectivity index (χ1n) is 6.13. The molecule has 19 heavy (non-hydrogen) atoms. The quantitative estimate of drug-likeness (QED) is 0.832. The van der Waals surface area contributed by atoms with Crippen molar-refractivity contribution in [1.29, 1.82) is 5.26 Å². The van der Waals surface area contributed by atoms with Gasteiger partial charge in [-0.25, -0.2) is 0 Å². The van der Waals surface area contributed by atoms with Crippen molar-refractivity contribution in [1.82, 2.24) is 0 Å². The molecule has 2 rings (SSSR count). The molecule has 0 fully saturated rings. The van der Waals surface area contributed by atoms with Crippen LogP contribution >= 0.6 is 11.8 Å². The molecule has 1 atom stereocenters. The largest absolute Gasteiger partial charge is 0.378 e. The van der Waals surface area contributed by atoms with Crippen molar-refractivity contribution in [3.8, 4) is 6.07 Å². The van der Waals surface area contributed by atoms with Gasteiger partial charge < -0.3 is 5.32 Å². The fraction of sp³-hybridized carbons (Fsp3) is 0.188. The van der Waals surface area contributed by atoms with Crippen molar-refractivity contribution < 1.29 is 0 Å². The summed E-state index contributed by atoms with van der Waals surface area (Å²) in [5.41, 5.74) is 2.98. The van der Waals surface area contributed by atoms with Gasteiger partial charge in [0.25, 0.3) is 0 Å². The maximum Gasteiger partial charge on any atom is 0.0991 e. The monoisotopic (exact) mass is 268 g/mol. The first-order chi connectivity index (χ1) is 9.22. The third-order valence-electron chi connectivity index (χ3n) is 2.99. The molecule has 0 aliphatic carbocycles. The molecule has 2 aromatic carbocycles. The zero-order valence-electron chi connectivity index (χ0n) is 11.1. The molecule has 0 saturated carbocycles. The molecule has 2 nitrogen and oxygen atoms in total. The summed E-state index contributed by atoms with van der Waals surface area (Å²) in [7, 11) is 0. The number of nitrogens with one attached hydrogen (secondary N) is 1. The molecule has 0 aromatic heterocycles. The lowest BCUT2D eigenvalue weighted by atomic mass is 10.1. The van der Waals surface area contributed by atoms with E-state index in [4.69, 9.17) is 5.26 Å². The van der Waals surface area contributed by atoms with Crippen LogP contribution in [0.3, 0.4) is 0 Å². The van der Waals surface area contributed by atoms with Crippen molar-refractivity contribution in [3.63, 3.8) is 0 Å². The third-order valence-corrected chi connectivity index (χ3v) is 3.72. The molecule has 2 aromatic rings. The Bertz CT molecular complexity index is 584. The molecular weight excluding hydrogens is 252 g/mol. The molecule has 0 radical (unpaired) electrons. The maximum atomic E-state index is 8.79. The summed E-state index contributed by atoms with van der Waals surface area (Å²) in [5.74, 6) is 0. The van der Waals surface area contributed by atoms with Gasteiger partial charge >= 0.3 is 0 Å². The second kappa shape index (κ2) is 6.31. The van der Waals surface area contributed by atoms with Crippen LogP contribution in [0.25, 0.3) is 0 Å². The lowest BCUT2D eigenvalue weighted by molar-refractivity contribution is 0.883. The highest BCUT2D eigenvalue weighted by Crippen LogP contribution is 2.23. The predicted molar refractivity (Wildman–Crippen MR) is 81.4 cm³/mol. The molecule has 96 valence electrons. The maximum absolute atomic E-state index is 8.79. The van der Waals surface area contributed by atoms with E-state index in [9.17, 15) is 0 Å². The molecule has 1 N–H and O–H groups in total. The van der Waals surface area contributed by atoms with Crippen LogP contribution in [-0.4, -0.2) is 6.26 Å². The van der Waals surface area contributed by atoms with Gasteiger partial charge in [0, 0.05) is 16.6 Å². The fourth-order valence-electron chi connectivity index (χ4n) is 1.89. The summed E-state index contributed by atoms with van der Waals surface area (Å²) in [4.78, 5) is 1.25. The van der Waals surface area contributed by atoms with Crippen LogP contribution in [0.4, 0.5) is 5.69 Å². The Labute approximate surface area is 118 Å². The molecular formula is C16H16N2S. The minimum atomic E-state index is 0.213. The highest BCUT2D eigenvalue weighted by Gasteiger charge is 2.05. The average molecular weight is 268 g/mol. The Morgan fingerprint density at radius 1 is 1.16 bits per heavy atom. The number of nitrogens with zero attached hydrogens (tertiary/aromatic N) is 1. The van der Waals surface area contributed by atoms with E-state index in [1.807, 2.05) is 24.3 Å². The van der Waals surface area contributed by atoms with Gasteiger partial charge in [0.05, 0.1) is 11.6 Å². The van der Waals surface area contributed by atoms with Crippen LogP contribution in [-0.2, 0) is 0 Å². The van der Waals surface area contributed by atoms with Crippen molar-refractivity contribution in [3.05, 3.63) is 59.7 Å². The fourth-order valence-corrected chi connectivity index (χ4v) is 2.35. The van der Waals surface area contributed by atoms with Gasteiger partial charge in [-0.15, -0.1) is 11.8 Å². The standard InChI is InChI=1S/C16H16N2S/c1-12(14-8-6-13(11-17)7-9-14)18-15-4-3-5-16(10-15)19-2/h3-10,12,18H,1-2H3. The van der Waals surface area contributed by atoms with E-state index in [1.165, 1.54) is 10.5 Å². The van der Waals surface area contributed by atoms with Gasteiger partial charge in [0.1, 0.15) is 0 Å². The van der Waals surface area contributed by atoms with Gasteiger partial charge in [-0.3, -0.25) is 0 Å². The van der Waals surface area contributed by atoms with Crippen molar-refractivity contribution in [2.24, 2.45) is 0 Å². The van der Waals surface area contributed by atoms with Crippen molar-refractivity contribution >= 4 is 17.4 Å². The molecule has 0 bridgehead atoms. The first-order valence-corrected chi connectivity index (χ1v) is 7.36. The summed E-state index contributed by atoms with van der Waals surface area (Å²) in [6, 6.07) is 18.4. The summed E-state index contributed by atoms with van der Waals surface area (Å²) in [6.45, 7) is 2.12. The molecule has 0 amide bonds. The second-order valence-corrected chi connectivity index (χ2v) is 5.21. The molecule has 0 aliphatic heterocycles. The normalized spacial score (nSPS) is 11.6. The molecule has 0 spiro atoms. The van der Waals surface area contributed by atoms with Crippen LogP contribution in [0.2, 0.25) is 0 Å². The van der Waals surface area contributed by atoms with E-state index in [1.54, 1.807) is 11.8 Å². The van der Waals surface area contributed by atoms with Crippen LogP contribution in [0.1, 0.15) is 24.1 Å². The Morgan fingerprint density at radius 2 is 1.89 bits per heavy atom. The minimum absolute atomic E-state index is 0.213. The van der Waals surface area contributed by atoms with E-state index in [0.29, 0.717) is 5.56 Å². The topological polar surface area (TPSA) is 35.8 Å². The number of benzene rings is 2. The summed E-state index contributed by atoms with van der Waals surface area (Å²) < 4.78 is 0. The van der Waals surface area contributed by atoms with E-state index in [0.717, 1.165) is 5.69 Å². The highest BCUT2D eigenvalue weighted by molar-refractivity contribution is 7.98. The smallest absolute Gasteiger partial charge is 0.0991 e. The lowest BCUT2D eigenvalue weighted by Crippen LogP contribution is -2.06. The Kier molecular flexibility index (Phi) is 4.48. The molecule has 0 saturated heterocycles. The Hall–Kier alpha value is -1.92. The first kappa shape index (κ1) is 13.5. The van der Waals surface area contributed by atoms with Gasteiger partial charge in [-0.2, -0.15) is 5.26 Å². The predicted octanol–water partition coefficient (Wildman–Crippen LogP) is 4.45. The van der Waals surface area contributed by atoms with Gasteiger partial charge in [-0.05, 0) is 49.1 Å². The molecule has 0 aliphatic rings. The SMILES string of the molecule is CSc1cccc(NC(C)c2ccc(C#N)cc2)c1.